The van der Waals surface area contributed by atoms with Crippen LogP contribution in [0.5, 0.6) is 0 Å². The summed E-state index contributed by atoms with van der Waals surface area (Å²) in [5, 5.41) is 13.0. The van der Waals surface area contributed by atoms with E-state index in [9.17, 15) is 5.11 Å². The highest BCUT2D eigenvalue weighted by Crippen LogP contribution is 2.25. The lowest BCUT2D eigenvalue weighted by Crippen LogP contribution is -2.27. The van der Waals surface area contributed by atoms with Gasteiger partial charge in [0.05, 0.1) is 12.6 Å². The molecule has 2 unspecified atom stereocenters. The molecule has 100 valence electrons. The zero-order valence-corrected chi connectivity index (χ0v) is 12.5. The largest absolute Gasteiger partial charge is 0.394 e. The minimum atomic E-state index is -0.0525. The molecule has 2 nitrogen and oxygen atoms in total. The van der Waals surface area contributed by atoms with Crippen molar-refractivity contribution in [3.8, 4) is 0 Å². The maximum atomic E-state index is 9.57. The number of aliphatic hydroxyl groups is 1. The highest BCUT2D eigenvalue weighted by Gasteiger charge is 2.15. The van der Waals surface area contributed by atoms with E-state index in [0.29, 0.717) is 0 Å². The van der Waals surface area contributed by atoms with Crippen molar-refractivity contribution in [3.63, 3.8) is 0 Å². The third kappa shape index (κ3) is 3.66. The predicted molar refractivity (Wildman–Crippen MR) is 82.0 cm³/mol. The van der Waals surface area contributed by atoms with Gasteiger partial charge in [-0.2, -0.15) is 0 Å². The van der Waals surface area contributed by atoms with Gasteiger partial charge in [-0.25, -0.2) is 0 Å². The average molecular weight is 320 g/mol. The lowest BCUT2D eigenvalue weighted by molar-refractivity contribution is 0.235. The Kier molecular flexibility index (Phi) is 5.14. The topological polar surface area (TPSA) is 32.3 Å². The molecule has 2 rings (SSSR count). The van der Waals surface area contributed by atoms with Crippen molar-refractivity contribution in [2.75, 3.05) is 6.61 Å². The van der Waals surface area contributed by atoms with Gasteiger partial charge < -0.3 is 10.4 Å². The van der Waals surface area contributed by atoms with E-state index in [0.717, 1.165) is 10.0 Å². The van der Waals surface area contributed by atoms with Crippen LogP contribution in [0, 0.1) is 0 Å². The van der Waals surface area contributed by atoms with Crippen molar-refractivity contribution >= 4 is 15.9 Å². The van der Waals surface area contributed by atoms with Crippen LogP contribution in [-0.4, -0.2) is 11.7 Å². The van der Waals surface area contributed by atoms with E-state index < -0.39 is 0 Å². The number of nitrogens with one attached hydrogen (secondary N) is 1. The summed E-state index contributed by atoms with van der Waals surface area (Å²) in [5.41, 5.74) is 2.29. The monoisotopic (exact) mass is 319 g/mol. The van der Waals surface area contributed by atoms with Crippen LogP contribution < -0.4 is 5.32 Å². The number of benzene rings is 2. The Bertz CT molecular complexity index is 515. The van der Waals surface area contributed by atoms with Gasteiger partial charge in [0.15, 0.2) is 0 Å². The van der Waals surface area contributed by atoms with E-state index in [4.69, 9.17) is 0 Å². The molecule has 0 spiro atoms. The highest BCUT2D eigenvalue weighted by molar-refractivity contribution is 9.10. The second kappa shape index (κ2) is 6.85. The molecule has 0 saturated heterocycles. The van der Waals surface area contributed by atoms with Gasteiger partial charge >= 0.3 is 0 Å². The first-order chi connectivity index (χ1) is 9.22. The van der Waals surface area contributed by atoms with E-state index in [-0.39, 0.29) is 18.7 Å². The molecule has 19 heavy (non-hydrogen) atoms. The summed E-state index contributed by atoms with van der Waals surface area (Å²) < 4.78 is 1.08. The fraction of sp³-hybridized carbons (Fsp3) is 0.250. The van der Waals surface area contributed by atoms with Crippen molar-refractivity contribution in [3.05, 3.63) is 70.2 Å². The molecule has 0 aliphatic carbocycles. The molecule has 0 aliphatic rings. The SMILES string of the molecule is CC(NC(CO)c1ccccc1)c1ccccc1Br. The number of aliphatic hydroxyl groups excluding tert-OH is 1. The van der Waals surface area contributed by atoms with Crippen molar-refractivity contribution in [1.29, 1.82) is 0 Å². The quantitative estimate of drug-likeness (QED) is 0.877. The van der Waals surface area contributed by atoms with Crippen molar-refractivity contribution in [1.82, 2.24) is 5.32 Å². The molecule has 0 bridgehead atoms. The zero-order chi connectivity index (χ0) is 13.7. The third-order valence-electron chi connectivity index (χ3n) is 3.21. The molecule has 0 fully saturated rings. The Labute approximate surface area is 122 Å². The summed E-state index contributed by atoms with van der Waals surface area (Å²) in [7, 11) is 0. The molecular formula is C16H18BrNO. The Hall–Kier alpha value is -1.16. The average Bonchev–Trinajstić information content (AvgIpc) is 2.46. The predicted octanol–water partition coefficient (Wildman–Crippen LogP) is 3.83. The summed E-state index contributed by atoms with van der Waals surface area (Å²) in [6, 6.07) is 18.3. The molecule has 0 radical (unpaired) electrons. The summed E-state index contributed by atoms with van der Waals surface area (Å²) in [6.45, 7) is 2.19. The minimum Gasteiger partial charge on any atom is -0.394 e. The first kappa shape index (κ1) is 14.3. The second-order valence-corrected chi connectivity index (χ2v) is 5.41. The van der Waals surface area contributed by atoms with Gasteiger partial charge in [-0.15, -0.1) is 0 Å². The number of hydrogen-bond donors (Lipinski definition) is 2. The summed E-state index contributed by atoms with van der Waals surface area (Å²) in [6.07, 6.45) is 0. The standard InChI is InChI=1S/C16H18BrNO/c1-12(14-9-5-6-10-15(14)17)18-16(11-19)13-7-3-2-4-8-13/h2-10,12,16,18-19H,11H2,1H3. The van der Waals surface area contributed by atoms with Crippen LogP contribution >= 0.6 is 15.9 Å². The van der Waals surface area contributed by atoms with Crippen molar-refractivity contribution in [2.24, 2.45) is 0 Å². The van der Waals surface area contributed by atoms with Crippen molar-refractivity contribution in [2.45, 2.75) is 19.0 Å². The van der Waals surface area contributed by atoms with Crippen LogP contribution in [0.4, 0.5) is 0 Å². The van der Waals surface area contributed by atoms with Crippen LogP contribution in [0.2, 0.25) is 0 Å². The molecule has 2 aromatic rings. The fourth-order valence-electron chi connectivity index (χ4n) is 2.16. The van der Waals surface area contributed by atoms with Gasteiger partial charge in [0.2, 0.25) is 0 Å². The summed E-state index contributed by atoms with van der Waals surface area (Å²) >= 11 is 3.56. The van der Waals surface area contributed by atoms with Crippen molar-refractivity contribution < 1.29 is 5.11 Å². The van der Waals surface area contributed by atoms with E-state index in [1.54, 1.807) is 0 Å². The third-order valence-corrected chi connectivity index (χ3v) is 3.93. The normalized spacial score (nSPS) is 14.1. The molecular weight excluding hydrogens is 302 g/mol. The van der Waals surface area contributed by atoms with Gasteiger partial charge in [0.25, 0.3) is 0 Å². The molecule has 2 N–H and O–H groups in total. The van der Waals surface area contributed by atoms with Crippen LogP contribution in [-0.2, 0) is 0 Å². The second-order valence-electron chi connectivity index (χ2n) is 4.56. The molecule has 0 saturated carbocycles. The van der Waals surface area contributed by atoms with Crippen LogP contribution in [0.25, 0.3) is 0 Å². The van der Waals surface area contributed by atoms with Gasteiger partial charge in [0.1, 0.15) is 0 Å². The Balaban J connectivity index is 2.13. The zero-order valence-electron chi connectivity index (χ0n) is 10.9. The molecule has 0 amide bonds. The van der Waals surface area contributed by atoms with Gasteiger partial charge in [0, 0.05) is 10.5 Å². The molecule has 3 heteroatoms. The van der Waals surface area contributed by atoms with Crippen LogP contribution in [0.3, 0.4) is 0 Å². The maximum Gasteiger partial charge on any atom is 0.0626 e. The van der Waals surface area contributed by atoms with E-state index in [1.807, 2.05) is 48.5 Å². The van der Waals surface area contributed by atoms with Crippen LogP contribution in [0.1, 0.15) is 30.1 Å². The van der Waals surface area contributed by atoms with E-state index in [1.165, 1.54) is 5.56 Å². The number of rotatable bonds is 5. The van der Waals surface area contributed by atoms with E-state index in [2.05, 4.69) is 34.2 Å². The molecule has 0 aromatic heterocycles. The van der Waals surface area contributed by atoms with Gasteiger partial charge in [-0.3, -0.25) is 0 Å². The van der Waals surface area contributed by atoms with E-state index >= 15 is 0 Å². The first-order valence-electron chi connectivity index (χ1n) is 6.38. The summed E-state index contributed by atoms with van der Waals surface area (Å²) in [5.74, 6) is 0. The lowest BCUT2D eigenvalue weighted by Gasteiger charge is -2.23. The highest BCUT2D eigenvalue weighted by atomic mass is 79.9. The minimum absolute atomic E-state index is 0.0525. The first-order valence-corrected chi connectivity index (χ1v) is 7.18. The van der Waals surface area contributed by atoms with Gasteiger partial charge in [-0.1, -0.05) is 64.5 Å². The smallest absolute Gasteiger partial charge is 0.0626 e. The molecule has 2 aromatic carbocycles. The number of halogens is 1. The molecule has 0 aliphatic heterocycles. The Morgan fingerprint density at radius 2 is 1.68 bits per heavy atom. The molecule has 0 heterocycles. The Morgan fingerprint density at radius 3 is 2.32 bits per heavy atom. The molecule has 2 atom stereocenters. The van der Waals surface area contributed by atoms with Gasteiger partial charge in [-0.05, 0) is 24.1 Å². The summed E-state index contributed by atoms with van der Waals surface area (Å²) in [4.78, 5) is 0. The fourth-order valence-corrected chi connectivity index (χ4v) is 2.79. The Morgan fingerprint density at radius 1 is 1.05 bits per heavy atom. The van der Waals surface area contributed by atoms with Crippen LogP contribution in [0.15, 0.2) is 59.1 Å². The number of hydrogen-bond acceptors (Lipinski definition) is 2. The lowest BCUT2D eigenvalue weighted by atomic mass is 10.0. The maximum absolute atomic E-state index is 9.57.